The summed E-state index contributed by atoms with van der Waals surface area (Å²) < 4.78 is 0. The zero-order valence-corrected chi connectivity index (χ0v) is 16.1. The molecule has 0 radical (unpaired) electrons. The van der Waals surface area contributed by atoms with Crippen LogP contribution in [0.2, 0.25) is 0 Å². The molecule has 7 heteroatoms. The van der Waals surface area contributed by atoms with Gasteiger partial charge in [-0.15, -0.1) is 11.3 Å². The molecule has 3 aromatic rings. The van der Waals surface area contributed by atoms with Gasteiger partial charge in [-0.25, -0.2) is 4.98 Å². The van der Waals surface area contributed by atoms with Gasteiger partial charge in [-0.05, 0) is 31.5 Å². The van der Waals surface area contributed by atoms with Gasteiger partial charge in [0.15, 0.2) is 0 Å². The molecule has 4 N–H and O–H groups in total. The van der Waals surface area contributed by atoms with Crippen LogP contribution in [0.4, 0.5) is 17.1 Å². The molecule has 4 rings (SSSR count). The number of pyridine rings is 1. The first-order valence-electron chi connectivity index (χ1n) is 9.09. The van der Waals surface area contributed by atoms with E-state index in [1.165, 1.54) is 17.0 Å². The third-order valence-electron chi connectivity index (χ3n) is 4.99. The molecule has 27 heavy (non-hydrogen) atoms. The Labute approximate surface area is 162 Å². The van der Waals surface area contributed by atoms with Gasteiger partial charge in [0.25, 0.3) is 5.91 Å². The van der Waals surface area contributed by atoms with Crippen LogP contribution in [0, 0.1) is 6.92 Å². The average Bonchev–Trinajstić information content (AvgIpc) is 2.83. The summed E-state index contributed by atoms with van der Waals surface area (Å²) >= 11 is 1.28. The Morgan fingerprint density at radius 3 is 2.56 bits per heavy atom. The number of primary amides is 1. The van der Waals surface area contributed by atoms with Crippen LogP contribution in [0.1, 0.15) is 21.8 Å². The fourth-order valence-corrected chi connectivity index (χ4v) is 4.72. The zero-order chi connectivity index (χ0) is 19.0. The van der Waals surface area contributed by atoms with Crippen LogP contribution in [0.25, 0.3) is 10.2 Å². The smallest absolute Gasteiger partial charge is 0.260 e. The molecular weight excluding hydrogens is 358 g/mol. The molecular formula is C20H23N5OS. The van der Waals surface area contributed by atoms with Crippen molar-refractivity contribution in [3.63, 3.8) is 0 Å². The molecule has 6 nitrogen and oxygen atoms in total. The van der Waals surface area contributed by atoms with Gasteiger partial charge in [0, 0.05) is 37.6 Å². The highest BCUT2D eigenvalue weighted by atomic mass is 32.1. The van der Waals surface area contributed by atoms with Gasteiger partial charge in [-0.3, -0.25) is 4.79 Å². The van der Waals surface area contributed by atoms with Crippen LogP contribution in [0.3, 0.4) is 0 Å². The van der Waals surface area contributed by atoms with Gasteiger partial charge in [-0.2, -0.15) is 0 Å². The molecule has 0 bridgehead atoms. The Morgan fingerprint density at radius 2 is 1.81 bits per heavy atom. The summed E-state index contributed by atoms with van der Waals surface area (Å²) in [7, 11) is 0. The second-order valence-electron chi connectivity index (χ2n) is 6.84. The van der Waals surface area contributed by atoms with Crippen molar-refractivity contribution in [2.24, 2.45) is 5.73 Å². The summed E-state index contributed by atoms with van der Waals surface area (Å²) in [6.07, 6.45) is 1.05. The van der Waals surface area contributed by atoms with Crippen molar-refractivity contribution in [2.75, 3.05) is 41.7 Å². The van der Waals surface area contributed by atoms with Crippen LogP contribution < -0.4 is 21.3 Å². The van der Waals surface area contributed by atoms with Gasteiger partial charge < -0.3 is 21.3 Å². The maximum Gasteiger partial charge on any atom is 0.260 e. The highest BCUT2D eigenvalue weighted by Gasteiger charge is 2.23. The number of fused-ring (bicyclic) bond motifs is 1. The van der Waals surface area contributed by atoms with Crippen LogP contribution in [-0.2, 0) is 0 Å². The van der Waals surface area contributed by atoms with E-state index in [4.69, 9.17) is 11.5 Å². The number of hydrogen-bond donors (Lipinski definition) is 2. The number of amides is 1. The molecule has 3 heterocycles. The summed E-state index contributed by atoms with van der Waals surface area (Å²) in [4.78, 5) is 22.2. The monoisotopic (exact) mass is 381 g/mol. The molecule has 1 fully saturated rings. The van der Waals surface area contributed by atoms with Crippen molar-refractivity contribution in [2.45, 2.75) is 13.3 Å². The van der Waals surface area contributed by atoms with Gasteiger partial charge >= 0.3 is 0 Å². The van der Waals surface area contributed by atoms with Gasteiger partial charge in [0.05, 0.1) is 16.8 Å². The van der Waals surface area contributed by atoms with Gasteiger partial charge in [0.1, 0.15) is 9.71 Å². The molecule has 0 aliphatic carbocycles. The molecule has 0 atom stereocenters. The number of aromatic nitrogens is 1. The van der Waals surface area contributed by atoms with Crippen LogP contribution in [-0.4, -0.2) is 37.1 Å². The highest BCUT2D eigenvalue weighted by molar-refractivity contribution is 7.21. The minimum Gasteiger partial charge on any atom is -0.397 e. The zero-order valence-electron chi connectivity index (χ0n) is 15.3. The van der Waals surface area contributed by atoms with Crippen molar-refractivity contribution >= 4 is 44.5 Å². The first-order chi connectivity index (χ1) is 13.0. The van der Waals surface area contributed by atoms with E-state index in [2.05, 4.69) is 45.1 Å². The van der Waals surface area contributed by atoms with Crippen LogP contribution >= 0.6 is 11.3 Å². The Kier molecular flexibility index (Phi) is 4.61. The molecule has 0 spiro atoms. The lowest BCUT2D eigenvalue weighted by atomic mass is 10.1. The number of nitrogens with two attached hydrogens (primary N) is 2. The maximum absolute atomic E-state index is 11.7. The molecule has 0 unspecified atom stereocenters. The number of para-hydroxylation sites is 1. The third-order valence-corrected chi connectivity index (χ3v) is 6.10. The fraction of sp³-hybridized carbons (Fsp3) is 0.300. The number of carbonyl (C=O) groups excluding carboxylic acids is 1. The van der Waals surface area contributed by atoms with Crippen molar-refractivity contribution < 1.29 is 4.79 Å². The van der Waals surface area contributed by atoms with Crippen LogP contribution in [0.15, 0.2) is 36.4 Å². The molecule has 1 amide bonds. The number of nitrogens with zero attached hydrogens (tertiary/aromatic N) is 3. The molecule has 1 aliphatic rings. The van der Waals surface area contributed by atoms with E-state index in [1.54, 1.807) is 0 Å². The Balaban J connectivity index is 1.69. The Bertz CT molecular complexity index is 985. The predicted molar refractivity (Wildman–Crippen MR) is 113 cm³/mol. The van der Waals surface area contributed by atoms with E-state index in [9.17, 15) is 4.79 Å². The molecule has 140 valence electrons. The van der Waals surface area contributed by atoms with Crippen molar-refractivity contribution in [1.29, 1.82) is 0 Å². The van der Waals surface area contributed by atoms with Gasteiger partial charge in [0.2, 0.25) is 0 Å². The number of aryl methyl sites for hydroxylation is 1. The number of nitrogen functional groups attached to an aromatic ring is 1. The largest absolute Gasteiger partial charge is 0.397 e. The topological polar surface area (TPSA) is 88.5 Å². The lowest BCUT2D eigenvalue weighted by Crippen LogP contribution is -2.30. The molecule has 1 saturated heterocycles. The third kappa shape index (κ3) is 3.30. The van der Waals surface area contributed by atoms with E-state index >= 15 is 0 Å². The predicted octanol–water partition coefficient (Wildman–Crippen LogP) is 3.00. The summed E-state index contributed by atoms with van der Waals surface area (Å²) in [6, 6.07) is 12.6. The van der Waals surface area contributed by atoms with E-state index < -0.39 is 5.91 Å². The van der Waals surface area contributed by atoms with Crippen LogP contribution in [0.5, 0.6) is 0 Å². The van der Waals surface area contributed by atoms with Crippen molar-refractivity contribution in [3.05, 3.63) is 47.0 Å². The van der Waals surface area contributed by atoms with E-state index in [-0.39, 0.29) is 0 Å². The van der Waals surface area contributed by atoms with E-state index in [1.807, 2.05) is 13.0 Å². The van der Waals surface area contributed by atoms with E-state index in [0.717, 1.165) is 54.2 Å². The number of hydrogen-bond acceptors (Lipinski definition) is 6. The Morgan fingerprint density at radius 1 is 1.11 bits per heavy atom. The molecule has 1 aromatic carbocycles. The average molecular weight is 382 g/mol. The minimum atomic E-state index is -0.495. The number of rotatable bonds is 3. The number of benzene rings is 1. The molecule has 1 aliphatic heterocycles. The SMILES string of the molecule is Cc1cc(N2CCCN(c3ccccc3)CC2)c2c(N)c(C(N)=O)sc2n1. The molecule has 2 aromatic heterocycles. The number of carbonyl (C=O) groups is 1. The summed E-state index contributed by atoms with van der Waals surface area (Å²) in [5.41, 5.74) is 15.5. The second-order valence-corrected chi connectivity index (χ2v) is 7.83. The lowest BCUT2D eigenvalue weighted by molar-refractivity contribution is 0.100. The first kappa shape index (κ1) is 17.6. The normalized spacial score (nSPS) is 15.1. The summed E-state index contributed by atoms with van der Waals surface area (Å²) in [5.74, 6) is -0.495. The first-order valence-corrected chi connectivity index (χ1v) is 9.90. The second kappa shape index (κ2) is 7.08. The maximum atomic E-state index is 11.7. The number of anilines is 3. The summed E-state index contributed by atoms with van der Waals surface area (Å²) in [5, 5.41) is 0.854. The highest BCUT2D eigenvalue weighted by Crippen LogP contribution is 2.39. The Hall–Kier alpha value is -2.80. The molecule has 0 saturated carbocycles. The standard InChI is InChI=1S/C20H23N5OS/c1-13-12-15(16-17(21)18(19(22)26)27-20(16)23-13)25-9-5-8-24(10-11-25)14-6-3-2-4-7-14/h2-4,6-7,12H,5,8-11,21H2,1H3,(H2,22,26). The van der Waals surface area contributed by atoms with E-state index in [0.29, 0.717) is 10.6 Å². The van der Waals surface area contributed by atoms with Crippen molar-refractivity contribution in [1.82, 2.24) is 4.98 Å². The fourth-order valence-electron chi connectivity index (χ4n) is 3.71. The number of thiophene rings is 1. The quantitative estimate of drug-likeness (QED) is 0.728. The van der Waals surface area contributed by atoms with Gasteiger partial charge in [-0.1, -0.05) is 18.2 Å². The lowest BCUT2D eigenvalue weighted by Gasteiger charge is -2.25. The summed E-state index contributed by atoms with van der Waals surface area (Å²) in [6.45, 7) is 5.73. The minimum absolute atomic E-state index is 0.394. The van der Waals surface area contributed by atoms with Crippen molar-refractivity contribution in [3.8, 4) is 0 Å².